The first-order chi connectivity index (χ1) is 14.8. The molecule has 2 saturated heterocycles. The molecule has 30 heavy (non-hydrogen) atoms. The third-order valence-corrected chi connectivity index (χ3v) is 6.13. The Kier molecular flexibility index (Phi) is 5.26. The van der Waals surface area contributed by atoms with Crippen molar-refractivity contribution in [3.05, 3.63) is 66.2 Å². The molecule has 3 aromatic rings. The van der Waals surface area contributed by atoms with Crippen LogP contribution >= 0.6 is 0 Å². The highest BCUT2D eigenvalue weighted by molar-refractivity contribution is 5.65. The van der Waals surface area contributed by atoms with Crippen LogP contribution < -0.4 is 14.7 Å². The van der Waals surface area contributed by atoms with Gasteiger partial charge in [0.1, 0.15) is 5.82 Å². The van der Waals surface area contributed by atoms with E-state index in [9.17, 15) is 0 Å². The van der Waals surface area contributed by atoms with Crippen LogP contribution in [0.15, 0.2) is 60.7 Å². The Hall–Kier alpha value is -3.08. The van der Waals surface area contributed by atoms with Gasteiger partial charge in [-0.05, 0) is 37.5 Å². The monoisotopic (exact) mass is 399 g/mol. The summed E-state index contributed by atoms with van der Waals surface area (Å²) in [6, 6.07) is 21.4. The third kappa shape index (κ3) is 3.97. The molecular weight excluding hydrogens is 370 g/mol. The highest BCUT2D eigenvalue weighted by atomic mass is 15.3. The number of nitrogens with zero attached hydrogens (tertiary/aromatic N) is 5. The van der Waals surface area contributed by atoms with E-state index in [1.54, 1.807) is 0 Å². The van der Waals surface area contributed by atoms with Crippen molar-refractivity contribution in [3.8, 4) is 11.3 Å². The molecule has 0 saturated carbocycles. The van der Waals surface area contributed by atoms with Gasteiger partial charge in [0.25, 0.3) is 0 Å². The molecule has 5 rings (SSSR count). The summed E-state index contributed by atoms with van der Waals surface area (Å²) in [6.45, 7) is 8.18. The van der Waals surface area contributed by atoms with Crippen molar-refractivity contribution in [2.24, 2.45) is 0 Å². The average molecular weight is 400 g/mol. The largest absolute Gasteiger partial charge is 0.368 e. The van der Waals surface area contributed by atoms with Crippen LogP contribution in [0.4, 0.5) is 17.5 Å². The van der Waals surface area contributed by atoms with Gasteiger partial charge in [-0.2, -0.15) is 4.98 Å². The predicted molar refractivity (Wildman–Crippen MR) is 125 cm³/mol. The van der Waals surface area contributed by atoms with Gasteiger partial charge in [0.15, 0.2) is 0 Å². The summed E-state index contributed by atoms with van der Waals surface area (Å²) in [7, 11) is 0. The Morgan fingerprint density at radius 2 is 1.40 bits per heavy atom. The van der Waals surface area contributed by atoms with E-state index in [1.807, 2.05) is 0 Å². The molecule has 0 amide bonds. The van der Waals surface area contributed by atoms with E-state index in [0.29, 0.717) is 0 Å². The van der Waals surface area contributed by atoms with Crippen LogP contribution in [-0.4, -0.2) is 49.2 Å². The first-order valence-corrected chi connectivity index (χ1v) is 11.0. The van der Waals surface area contributed by atoms with Crippen molar-refractivity contribution in [2.75, 3.05) is 54.0 Å². The second-order valence-corrected chi connectivity index (χ2v) is 8.28. The fourth-order valence-electron chi connectivity index (χ4n) is 4.42. The normalized spacial score (nSPS) is 16.9. The third-order valence-electron chi connectivity index (χ3n) is 6.13. The second-order valence-electron chi connectivity index (χ2n) is 8.28. The Bertz CT molecular complexity index is 989. The topological polar surface area (TPSA) is 35.5 Å². The van der Waals surface area contributed by atoms with Crippen molar-refractivity contribution in [3.63, 3.8) is 0 Å². The van der Waals surface area contributed by atoms with E-state index >= 15 is 0 Å². The highest BCUT2D eigenvalue weighted by Crippen LogP contribution is 2.28. The SMILES string of the molecule is Cc1cccc(N2CCN(c3nc(-c4ccccc4)cc(N4CCCC4)n3)CC2)c1. The maximum atomic E-state index is 5.00. The molecule has 5 nitrogen and oxygen atoms in total. The van der Waals surface area contributed by atoms with Gasteiger partial charge in [0, 0.05) is 56.6 Å². The second kappa shape index (κ2) is 8.34. The van der Waals surface area contributed by atoms with Gasteiger partial charge >= 0.3 is 0 Å². The number of hydrogen-bond acceptors (Lipinski definition) is 5. The quantitative estimate of drug-likeness (QED) is 0.651. The van der Waals surface area contributed by atoms with Crippen molar-refractivity contribution < 1.29 is 0 Å². The molecule has 0 atom stereocenters. The summed E-state index contributed by atoms with van der Waals surface area (Å²) in [5, 5.41) is 0. The van der Waals surface area contributed by atoms with E-state index < -0.39 is 0 Å². The first kappa shape index (κ1) is 18.9. The van der Waals surface area contributed by atoms with Crippen LogP contribution in [0.1, 0.15) is 18.4 Å². The van der Waals surface area contributed by atoms with Gasteiger partial charge in [0.2, 0.25) is 5.95 Å². The Morgan fingerprint density at radius 3 is 2.13 bits per heavy atom. The lowest BCUT2D eigenvalue weighted by atomic mass is 10.1. The maximum absolute atomic E-state index is 5.00. The molecule has 0 spiro atoms. The van der Waals surface area contributed by atoms with Crippen LogP contribution in [0.2, 0.25) is 0 Å². The molecule has 2 aromatic carbocycles. The summed E-state index contributed by atoms with van der Waals surface area (Å²) >= 11 is 0. The molecule has 5 heteroatoms. The standard InChI is InChI=1S/C25H29N5/c1-20-8-7-11-22(18-20)28-14-16-30(17-15-28)25-26-23(21-9-3-2-4-10-21)19-24(27-25)29-12-5-6-13-29/h2-4,7-11,18-19H,5-6,12-17H2,1H3. The van der Waals surface area contributed by atoms with E-state index in [0.717, 1.165) is 62.3 Å². The number of benzene rings is 2. The molecule has 0 unspecified atom stereocenters. The van der Waals surface area contributed by atoms with Crippen molar-refractivity contribution in [1.29, 1.82) is 0 Å². The smallest absolute Gasteiger partial charge is 0.228 e. The minimum Gasteiger partial charge on any atom is -0.368 e. The summed E-state index contributed by atoms with van der Waals surface area (Å²) in [4.78, 5) is 17.2. The van der Waals surface area contributed by atoms with Crippen molar-refractivity contribution >= 4 is 17.5 Å². The zero-order valence-electron chi connectivity index (χ0n) is 17.7. The van der Waals surface area contributed by atoms with Crippen LogP contribution in [0, 0.1) is 6.92 Å². The number of rotatable bonds is 4. The molecule has 154 valence electrons. The van der Waals surface area contributed by atoms with E-state index in [4.69, 9.17) is 9.97 Å². The summed E-state index contributed by atoms with van der Waals surface area (Å²) < 4.78 is 0. The molecule has 0 aliphatic carbocycles. The molecule has 2 fully saturated rings. The lowest BCUT2D eigenvalue weighted by Crippen LogP contribution is -2.47. The summed E-state index contributed by atoms with van der Waals surface area (Å²) in [6.07, 6.45) is 2.49. The number of hydrogen-bond donors (Lipinski definition) is 0. The number of piperazine rings is 1. The Morgan fingerprint density at radius 1 is 0.667 bits per heavy atom. The maximum Gasteiger partial charge on any atom is 0.228 e. The fourth-order valence-corrected chi connectivity index (χ4v) is 4.42. The van der Waals surface area contributed by atoms with Crippen LogP contribution in [-0.2, 0) is 0 Å². The Labute approximate surface area is 179 Å². The molecule has 3 heterocycles. The molecule has 0 radical (unpaired) electrons. The summed E-state index contributed by atoms with van der Waals surface area (Å²) in [5.74, 6) is 1.93. The van der Waals surface area contributed by atoms with Crippen molar-refractivity contribution in [2.45, 2.75) is 19.8 Å². The van der Waals surface area contributed by atoms with E-state index in [1.165, 1.54) is 24.1 Å². The number of aromatic nitrogens is 2. The van der Waals surface area contributed by atoms with E-state index in [2.05, 4.69) is 82.3 Å². The lowest BCUT2D eigenvalue weighted by molar-refractivity contribution is 0.639. The minimum absolute atomic E-state index is 0.863. The average Bonchev–Trinajstić information content (AvgIpc) is 3.35. The number of aryl methyl sites for hydroxylation is 1. The Balaban J connectivity index is 1.40. The van der Waals surface area contributed by atoms with Gasteiger partial charge in [-0.15, -0.1) is 0 Å². The summed E-state index contributed by atoms with van der Waals surface area (Å²) in [5.41, 5.74) is 4.79. The molecule has 2 aliphatic rings. The molecular formula is C25H29N5. The van der Waals surface area contributed by atoms with Crippen molar-refractivity contribution in [1.82, 2.24) is 9.97 Å². The van der Waals surface area contributed by atoms with E-state index in [-0.39, 0.29) is 0 Å². The molecule has 2 aliphatic heterocycles. The highest BCUT2D eigenvalue weighted by Gasteiger charge is 2.22. The van der Waals surface area contributed by atoms with Gasteiger partial charge < -0.3 is 14.7 Å². The molecule has 0 N–H and O–H groups in total. The van der Waals surface area contributed by atoms with Crippen LogP contribution in [0.3, 0.4) is 0 Å². The van der Waals surface area contributed by atoms with Crippen LogP contribution in [0.25, 0.3) is 11.3 Å². The van der Waals surface area contributed by atoms with Gasteiger partial charge in [-0.3, -0.25) is 0 Å². The number of anilines is 3. The zero-order chi connectivity index (χ0) is 20.3. The lowest BCUT2D eigenvalue weighted by Gasteiger charge is -2.36. The first-order valence-electron chi connectivity index (χ1n) is 11.0. The van der Waals surface area contributed by atoms with Gasteiger partial charge in [-0.1, -0.05) is 42.5 Å². The molecule has 0 bridgehead atoms. The fraction of sp³-hybridized carbons (Fsp3) is 0.360. The predicted octanol–water partition coefficient (Wildman–Crippen LogP) is 4.38. The van der Waals surface area contributed by atoms with Crippen LogP contribution in [0.5, 0.6) is 0 Å². The molecule has 1 aromatic heterocycles. The minimum atomic E-state index is 0.863. The van der Waals surface area contributed by atoms with Gasteiger partial charge in [0.05, 0.1) is 5.69 Å². The zero-order valence-corrected chi connectivity index (χ0v) is 17.7. The van der Waals surface area contributed by atoms with Gasteiger partial charge in [-0.25, -0.2) is 4.98 Å².